The van der Waals surface area contributed by atoms with Gasteiger partial charge in [-0.2, -0.15) is 0 Å². The van der Waals surface area contributed by atoms with E-state index in [-0.39, 0.29) is 19.0 Å². The number of aliphatic hydroxyl groups excluding tert-OH is 2. The van der Waals surface area contributed by atoms with Crippen LogP contribution in [0.25, 0.3) is 0 Å². The lowest BCUT2D eigenvalue weighted by atomic mass is 10.0. The van der Waals surface area contributed by atoms with Gasteiger partial charge < -0.3 is 15.3 Å². The topological polar surface area (TPSA) is 60.7 Å². The van der Waals surface area contributed by atoms with Gasteiger partial charge in [0.2, 0.25) is 0 Å². The Hall–Kier alpha value is -1.06. The van der Waals surface area contributed by atoms with E-state index in [0.717, 1.165) is 0 Å². The number of phenolic OH excluding ortho intramolecular Hbond substituents is 1. The third-order valence-electron chi connectivity index (χ3n) is 2.00. The maximum absolute atomic E-state index is 9.26. The SMILES string of the molecule is Cc1c(O)ccc(CO)c1CO. The second kappa shape index (κ2) is 3.56. The number of aliphatic hydroxyl groups is 2. The van der Waals surface area contributed by atoms with Gasteiger partial charge in [-0.15, -0.1) is 0 Å². The lowest BCUT2D eigenvalue weighted by molar-refractivity contribution is 0.258. The molecule has 3 heteroatoms. The van der Waals surface area contributed by atoms with Gasteiger partial charge in [0, 0.05) is 0 Å². The van der Waals surface area contributed by atoms with Crippen LogP contribution in [0.15, 0.2) is 12.1 Å². The third kappa shape index (κ3) is 1.42. The largest absolute Gasteiger partial charge is 0.508 e. The Bertz CT molecular complexity index is 281. The molecule has 0 unspecified atom stereocenters. The van der Waals surface area contributed by atoms with Crippen LogP contribution < -0.4 is 0 Å². The van der Waals surface area contributed by atoms with Crippen LogP contribution >= 0.6 is 0 Å². The second-order valence-electron chi connectivity index (χ2n) is 2.66. The van der Waals surface area contributed by atoms with E-state index in [0.29, 0.717) is 16.7 Å². The average molecular weight is 168 g/mol. The van der Waals surface area contributed by atoms with Crippen molar-refractivity contribution in [1.82, 2.24) is 0 Å². The molecule has 0 saturated carbocycles. The molecule has 1 aromatic rings. The molecule has 0 spiro atoms. The van der Waals surface area contributed by atoms with E-state index in [1.54, 1.807) is 13.0 Å². The van der Waals surface area contributed by atoms with E-state index in [1.165, 1.54) is 6.07 Å². The fourth-order valence-corrected chi connectivity index (χ4v) is 1.17. The van der Waals surface area contributed by atoms with E-state index >= 15 is 0 Å². The highest BCUT2D eigenvalue weighted by molar-refractivity contribution is 5.42. The number of benzene rings is 1. The van der Waals surface area contributed by atoms with Gasteiger partial charge in [-0.25, -0.2) is 0 Å². The fourth-order valence-electron chi connectivity index (χ4n) is 1.17. The number of rotatable bonds is 2. The van der Waals surface area contributed by atoms with Crippen molar-refractivity contribution < 1.29 is 15.3 Å². The van der Waals surface area contributed by atoms with Crippen molar-refractivity contribution in [3.05, 3.63) is 28.8 Å². The predicted molar refractivity (Wildman–Crippen MR) is 44.7 cm³/mol. The summed E-state index contributed by atoms with van der Waals surface area (Å²) in [6.07, 6.45) is 0. The highest BCUT2D eigenvalue weighted by Crippen LogP contribution is 2.23. The summed E-state index contributed by atoms with van der Waals surface area (Å²) in [5, 5.41) is 27.1. The first kappa shape index (κ1) is 9.03. The molecule has 1 aromatic carbocycles. The molecule has 0 aliphatic rings. The molecule has 0 radical (unpaired) electrons. The molecule has 0 fully saturated rings. The summed E-state index contributed by atoms with van der Waals surface area (Å²) >= 11 is 0. The van der Waals surface area contributed by atoms with Crippen LogP contribution in [0.4, 0.5) is 0 Å². The molecule has 0 aliphatic carbocycles. The normalized spacial score (nSPS) is 10.2. The van der Waals surface area contributed by atoms with E-state index in [4.69, 9.17) is 10.2 Å². The summed E-state index contributed by atoms with van der Waals surface area (Å²) in [6.45, 7) is 1.44. The molecule has 0 bridgehead atoms. The molecule has 12 heavy (non-hydrogen) atoms. The summed E-state index contributed by atoms with van der Waals surface area (Å²) in [5.41, 5.74) is 1.90. The predicted octanol–water partition coefficient (Wildman–Crippen LogP) is 0.685. The van der Waals surface area contributed by atoms with Gasteiger partial charge in [-0.1, -0.05) is 6.07 Å². The monoisotopic (exact) mass is 168 g/mol. The summed E-state index contributed by atoms with van der Waals surface area (Å²) < 4.78 is 0. The maximum Gasteiger partial charge on any atom is 0.118 e. The third-order valence-corrected chi connectivity index (χ3v) is 2.00. The van der Waals surface area contributed by atoms with Gasteiger partial charge in [0.25, 0.3) is 0 Å². The molecule has 0 amide bonds. The fraction of sp³-hybridized carbons (Fsp3) is 0.333. The molecule has 0 saturated heterocycles. The molecule has 0 aliphatic heterocycles. The molecular formula is C9H12O3. The first-order valence-electron chi connectivity index (χ1n) is 3.72. The van der Waals surface area contributed by atoms with Gasteiger partial charge in [0.15, 0.2) is 0 Å². The minimum absolute atomic E-state index is 0.114. The van der Waals surface area contributed by atoms with Gasteiger partial charge in [0.05, 0.1) is 13.2 Å². The molecule has 3 N–H and O–H groups in total. The van der Waals surface area contributed by atoms with Crippen molar-refractivity contribution in [2.45, 2.75) is 20.1 Å². The molecule has 3 nitrogen and oxygen atoms in total. The Balaban J connectivity index is 3.25. The Morgan fingerprint density at radius 3 is 2.33 bits per heavy atom. The molecular weight excluding hydrogens is 156 g/mol. The van der Waals surface area contributed by atoms with Gasteiger partial charge >= 0.3 is 0 Å². The molecule has 0 heterocycles. The number of hydrogen-bond donors (Lipinski definition) is 3. The molecule has 0 atom stereocenters. The Kier molecular flexibility index (Phi) is 2.68. The highest BCUT2D eigenvalue weighted by atomic mass is 16.3. The molecule has 66 valence electrons. The lowest BCUT2D eigenvalue weighted by Gasteiger charge is -2.09. The Morgan fingerprint density at radius 1 is 1.17 bits per heavy atom. The minimum Gasteiger partial charge on any atom is -0.508 e. The number of hydrogen-bond acceptors (Lipinski definition) is 3. The average Bonchev–Trinajstić information content (AvgIpc) is 2.09. The van der Waals surface area contributed by atoms with E-state index in [1.807, 2.05) is 0 Å². The number of phenols is 1. The maximum atomic E-state index is 9.26. The van der Waals surface area contributed by atoms with Crippen LogP contribution in [0, 0.1) is 6.92 Å². The van der Waals surface area contributed by atoms with E-state index in [2.05, 4.69) is 0 Å². The van der Waals surface area contributed by atoms with Crippen LogP contribution in [0.1, 0.15) is 16.7 Å². The van der Waals surface area contributed by atoms with Crippen molar-refractivity contribution in [2.75, 3.05) is 0 Å². The zero-order valence-electron chi connectivity index (χ0n) is 6.91. The smallest absolute Gasteiger partial charge is 0.118 e. The van der Waals surface area contributed by atoms with Crippen LogP contribution in [0.3, 0.4) is 0 Å². The van der Waals surface area contributed by atoms with Crippen molar-refractivity contribution in [1.29, 1.82) is 0 Å². The van der Waals surface area contributed by atoms with E-state index < -0.39 is 0 Å². The quantitative estimate of drug-likeness (QED) is 0.608. The van der Waals surface area contributed by atoms with Crippen LogP contribution in [-0.4, -0.2) is 15.3 Å². The second-order valence-corrected chi connectivity index (χ2v) is 2.66. The summed E-state index contributed by atoms with van der Waals surface area (Å²) in [5.74, 6) is 0.149. The molecule has 1 rings (SSSR count). The van der Waals surface area contributed by atoms with Crippen LogP contribution in [0.2, 0.25) is 0 Å². The van der Waals surface area contributed by atoms with Gasteiger partial charge in [0.1, 0.15) is 5.75 Å². The standard InChI is InChI=1S/C9H12O3/c1-6-8(5-11)7(4-10)2-3-9(6)12/h2-3,10-12H,4-5H2,1H3. The van der Waals surface area contributed by atoms with Gasteiger partial charge in [-0.05, 0) is 29.7 Å². The summed E-state index contributed by atoms with van der Waals surface area (Å²) in [6, 6.07) is 3.12. The van der Waals surface area contributed by atoms with Crippen molar-refractivity contribution in [2.24, 2.45) is 0 Å². The Morgan fingerprint density at radius 2 is 1.83 bits per heavy atom. The van der Waals surface area contributed by atoms with Crippen molar-refractivity contribution in [3.8, 4) is 5.75 Å². The van der Waals surface area contributed by atoms with Crippen molar-refractivity contribution >= 4 is 0 Å². The zero-order valence-corrected chi connectivity index (χ0v) is 6.91. The lowest BCUT2D eigenvalue weighted by Crippen LogP contribution is -1.97. The van der Waals surface area contributed by atoms with Gasteiger partial charge in [-0.3, -0.25) is 0 Å². The number of aromatic hydroxyl groups is 1. The first-order valence-corrected chi connectivity index (χ1v) is 3.72. The highest BCUT2D eigenvalue weighted by Gasteiger charge is 2.06. The van der Waals surface area contributed by atoms with Crippen LogP contribution in [0.5, 0.6) is 5.75 Å². The zero-order chi connectivity index (χ0) is 9.14. The first-order chi connectivity index (χ1) is 5.70. The Labute approximate surface area is 70.9 Å². The van der Waals surface area contributed by atoms with Crippen molar-refractivity contribution in [3.63, 3.8) is 0 Å². The summed E-state index contributed by atoms with van der Waals surface area (Å²) in [4.78, 5) is 0. The van der Waals surface area contributed by atoms with E-state index in [9.17, 15) is 5.11 Å². The molecule has 0 aromatic heterocycles. The summed E-state index contributed by atoms with van der Waals surface area (Å²) in [7, 11) is 0. The van der Waals surface area contributed by atoms with Crippen LogP contribution in [-0.2, 0) is 13.2 Å². The minimum atomic E-state index is -0.157.